The molecule has 0 radical (unpaired) electrons. The van der Waals surface area contributed by atoms with Crippen molar-refractivity contribution in [2.75, 3.05) is 11.9 Å². The quantitative estimate of drug-likeness (QED) is 0.756. The van der Waals surface area contributed by atoms with Crippen molar-refractivity contribution in [2.24, 2.45) is 0 Å². The van der Waals surface area contributed by atoms with Crippen LogP contribution in [0.3, 0.4) is 0 Å². The normalized spacial score (nSPS) is 16.5. The number of nitrogens with one attached hydrogen (secondary N) is 1. The maximum atomic E-state index is 13.1. The predicted octanol–water partition coefficient (Wildman–Crippen LogP) is 4.67. The number of rotatable bonds is 3. The second-order valence-electron chi connectivity index (χ2n) is 5.89. The van der Waals surface area contributed by atoms with Gasteiger partial charge in [0, 0.05) is 17.8 Å². The zero-order chi connectivity index (χ0) is 17.4. The number of carbonyl (C=O) groups is 1. The van der Waals surface area contributed by atoms with Crippen LogP contribution >= 0.6 is 0 Å². The first-order chi connectivity index (χ1) is 12.2. The second kappa shape index (κ2) is 6.09. The van der Waals surface area contributed by atoms with Crippen molar-refractivity contribution < 1.29 is 13.6 Å². The molecule has 1 aromatic heterocycles. The molecule has 0 aliphatic carbocycles. The van der Waals surface area contributed by atoms with Crippen molar-refractivity contribution >= 4 is 11.6 Å². The molecule has 2 heterocycles. The third-order valence-electron chi connectivity index (χ3n) is 4.39. The summed E-state index contributed by atoms with van der Waals surface area (Å²) in [5.74, 6) is 0.966. The molecule has 1 aliphatic rings. The molecule has 1 N–H and O–H groups in total. The van der Waals surface area contributed by atoms with Crippen molar-refractivity contribution in [1.29, 1.82) is 0 Å². The van der Waals surface area contributed by atoms with E-state index in [4.69, 9.17) is 4.42 Å². The van der Waals surface area contributed by atoms with Gasteiger partial charge in [0.15, 0.2) is 6.17 Å². The van der Waals surface area contributed by atoms with Crippen molar-refractivity contribution in [1.82, 2.24) is 4.90 Å². The molecule has 0 saturated heterocycles. The van der Waals surface area contributed by atoms with Gasteiger partial charge in [0.05, 0.1) is 5.56 Å². The second-order valence-corrected chi connectivity index (χ2v) is 5.89. The molecule has 1 aliphatic heterocycles. The Morgan fingerprint density at radius 2 is 1.84 bits per heavy atom. The number of nitrogens with zero attached hydrogens (tertiary/aromatic N) is 1. The SMILES string of the molecule is CCN1C(=O)c2ccccc2N[C@@H]1c1ccc(-c2ccc(F)cc2)o1. The van der Waals surface area contributed by atoms with E-state index in [1.165, 1.54) is 12.1 Å². The van der Waals surface area contributed by atoms with Crippen LogP contribution in [0.25, 0.3) is 11.3 Å². The molecule has 1 atom stereocenters. The Balaban J connectivity index is 1.69. The van der Waals surface area contributed by atoms with Crippen LogP contribution in [0.4, 0.5) is 10.1 Å². The fraction of sp³-hybridized carbons (Fsp3) is 0.150. The molecular formula is C20H17FN2O2. The van der Waals surface area contributed by atoms with Gasteiger partial charge in [0.2, 0.25) is 0 Å². The highest BCUT2D eigenvalue weighted by Gasteiger charge is 2.33. The third-order valence-corrected chi connectivity index (χ3v) is 4.39. The van der Waals surface area contributed by atoms with Crippen LogP contribution in [0.15, 0.2) is 65.1 Å². The lowest BCUT2D eigenvalue weighted by molar-refractivity contribution is 0.0676. The Hall–Kier alpha value is -3.08. The summed E-state index contributed by atoms with van der Waals surface area (Å²) < 4.78 is 19.1. The minimum atomic E-state index is -0.374. The first kappa shape index (κ1) is 15.4. The molecule has 4 rings (SSSR count). The number of para-hydroxylation sites is 1. The minimum Gasteiger partial charge on any atom is -0.457 e. The van der Waals surface area contributed by atoms with E-state index in [2.05, 4.69) is 5.32 Å². The summed E-state index contributed by atoms with van der Waals surface area (Å²) in [4.78, 5) is 14.5. The van der Waals surface area contributed by atoms with Crippen LogP contribution < -0.4 is 5.32 Å². The van der Waals surface area contributed by atoms with E-state index in [0.717, 1.165) is 11.3 Å². The average Bonchev–Trinajstić information content (AvgIpc) is 3.12. The van der Waals surface area contributed by atoms with Crippen molar-refractivity contribution in [3.8, 4) is 11.3 Å². The number of halogens is 1. The molecule has 0 saturated carbocycles. The zero-order valence-corrected chi connectivity index (χ0v) is 13.7. The maximum absolute atomic E-state index is 13.1. The summed E-state index contributed by atoms with van der Waals surface area (Å²) in [6, 6.07) is 17.3. The molecule has 25 heavy (non-hydrogen) atoms. The maximum Gasteiger partial charge on any atom is 0.257 e. The zero-order valence-electron chi connectivity index (χ0n) is 13.7. The van der Waals surface area contributed by atoms with Crippen LogP contribution in [0, 0.1) is 5.82 Å². The fourth-order valence-electron chi connectivity index (χ4n) is 3.11. The lowest BCUT2D eigenvalue weighted by Gasteiger charge is -2.36. The van der Waals surface area contributed by atoms with Crippen LogP contribution in [0.2, 0.25) is 0 Å². The molecule has 1 amide bonds. The minimum absolute atomic E-state index is 0.0263. The Bertz CT molecular complexity index is 917. The lowest BCUT2D eigenvalue weighted by Crippen LogP contribution is -2.42. The summed E-state index contributed by atoms with van der Waals surface area (Å²) >= 11 is 0. The smallest absolute Gasteiger partial charge is 0.257 e. The molecule has 0 fully saturated rings. The third kappa shape index (κ3) is 2.67. The summed E-state index contributed by atoms with van der Waals surface area (Å²) in [6.45, 7) is 2.49. The van der Waals surface area contributed by atoms with Gasteiger partial charge in [-0.25, -0.2) is 4.39 Å². The Morgan fingerprint density at radius 3 is 2.60 bits per heavy atom. The molecule has 0 spiro atoms. The van der Waals surface area contributed by atoms with Gasteiger partial charge in [0.25, 0.3) is 5.91 Å². The molecule has 2 aromatic carbocycles. The van der Waals surface area contributed by atoms with Gasteiger partial charge in [-0.2, -0.15) is 0 Å². The fourth-order valence-corrected chi connectivity index (χ4v) is 3.11. The highest BCUT2D eigenvalue weighted by atomic mass is 19.1. The van der Waals surface area contributed by atoms with E-state index >= 15 is 0 Å². The van der Waals surface area contributed by atoms with Gasteiger partial charge in [-0.1, -0.05) is 12.1 Å². The van der Waals surface area contributed by atoms with Gasteiger partial charge in [-0.05, 0) is 55.5 Å². The van der Waals surface area contributed by atoms with Gasteiger partial charge in [-0.3, -0.25) is 4.79 Å². The molecule has 0 bridgehead atoms. The number of anilines is 1. The highest BCUT2D eigenvalue weighted by molar-refractivity contribution is 6.01. The van der Waals surface area contributed by atoms with Crippen molar-refractivity contribution in [2.45, 2.75) is 13.1 Å². The molecule has 4 nitrogen and oxygen atoms in total. The van der Waals surface area contributed by atoms with Gasteiger partial charge in [0.1, 0.15) is 17.3 Å². The monoisotopic (exact) mass is 336 g/mol. The van der Waals surface area contributed by atoms with Crippen LogP contribution in [-0.4, -0.2) is 17.4 Å². The number of furan rings is 1. The van der Waals surface area contributed by atoms with Gasteiger partial charge in [-0.15, -0.1) is 0 Å². The summed E-state index contributed by atoms with van der Waals surface area (Å²) in [5, 5.41) is 3.37. The summed E-state index contributed by atoms with van der Waals surface area (Å²) in [5.41, 5.74) is 2.24. The number of amides is 1. The van der Waals surface area contributed by atoms with Crippen LogP contribution in [-0.2, 0) is 0 Å². The summed E-state index contributed by atoms with van der Waals surface area (Å²) in [6.07, 6.45) is -0.374. The first-order valence-electron chi connectivity index (χ1n) is 8.19. The molecule has 3 aromatic rings. The standard InChI is InChI=1S/C20H17FN2O2/c1-2-23-19(22-16-6-4-3-5-15(16)20(23)24)18-12-11-17(25-18)13-7-9-14(21)10-8-13/h3-12,19,22H,2H2,1H3/t19-/m0/s1. The highest BCUT2D eigenvalue weighted by Crippen LogP contribution is 2.35. The van der Waals surface area contributed by atoms with Gasteiger partial charge < -0.3 is 14.6 Å². The number of carbonyl (C=O) groups excluding carboxylic acids is 1. The van der Waals surface area contributed by atoms with Crippen molar-refractivity contribution in [3.05, 3.63) is 77.8 Å². The van der Waals surface area contributed by atoms with E-state index < -0.39 is 0 Å². The molecule has 0 unspecified atom stereocenters. The first-order valence-corrected chi connectivity index (χ1v) is 8.19. The van der Waals surface area contributed by atoms with E-state index in [0.29, 0.717) is 23.6 Å². The number of hydrogen-bond acceptors (Lipinski definition) is 3. The van der Waals surface area contributed by atoms with E-state index in [-0.39, 0.29) is 17.9 Å². The Kier molecular flexibility index (Phi) is 3.76. The van der Waals surface area contributed by atoms with Crippen molar-refractivity contribution in [3.63, 3.8) is 0 Å². The Morgan fingerprint density at radius 1 is 1.08 bits per heavy atom. The summed E-state index contributed by atoms with van der Waals surface area (Å²) in [7, 11) is 0. The average molecular weight is 336 g/mol. The molecule has 126 valence electrons. The molecular weight excluding hydrogens is 319 g/mol. The lowest BCUT2D eigenvalue weighted by atomic mass is 10.1. The van der Waals surface area contributed by atoms with E-state index in [1.54, 1.807) is 17.0 Å². The largest absolute Gasteiger partial charge is 0.457 e. The molecule has 5 heteroatoms. The van der Waals surface area contributed by atoms with E-state index in [1.807, 2.05) is 43.3 Å². The number of hydrogen-bond donors (Lipinski definition) is 1. The van der Waals surface area contributed by atoms with Crippen LogP contribution in [0.1, 0.15) is 29.2 Å². The predicted molar refractivity (Wildman–Crippen MR) is 93.6 cm³/mol. The van der Waals surface area contributed by atoms with E-state index in [9.17, 15) is 9.18 Å². The Labute approximate surface area is 144 Å². The van der Waals surface area contributed by atoms with Crippen LogP contribution in [0.5, 0.6) is 0 Å². The van der Waals surface area contributed by atoms with Gasteiger partial charge >= 0.3 is 0 Å². The topological polar surface area (TPSA) is 45.5 Å². The number of benzene rings is 2. The number of fused-ring (bicyclic) bond motifs is 1.